The number of β-amino-alcohol motifs (C(OH)–C–C–N with tert-alkyl or cyclic N) is 1. The van der Waals surface area contributed by atoms with E-state index in [1.807, 2.05) is 20.8 Å². The second-order valence-electron chi connectivity index (χ2n) is 16.3. The van der Waals surface area contributed by atoms with Crippen molar-refractivity contribution in [1.82, 2.24) is 45.5 Å². The maximum atomic E-state index is 13.6. The first kappa shape index (κ1) is 41.1. The predicted molar refractivity (Wildman–Crippen MR) is 214 cm³/mol. The van der Waals surface area contributed by atoms with E-state index in [9.17, 15) is 25.1 Å². The third-order valence-corrected chi connectivity index (χ3v) is 12.8. The number of aliphatic carboxylic acids is 1. The highest BCUT2D eigenvalue weighted by atomic mass is 32.1. The number of aromatic nitrogens is 4. The van der Waals surface area contributed by atoms with Crippen LogP contribution in [-0.4, -0.2) is 133 Å². The van der Waals surface area contributed by atoms with E-state index in [1.54, 1.807) is 35.6 Å². The van der Waals surface area contributed by atoms with Gasteiger partial charge in [-0.25, -0.2) is 14.8 Å². The van der Waals surface area contributed by atoms with Gasteiger partial charge in [-0.05, 0) is 77.4 Å². The van der Waals surface area contributed by atoms with Crippen LogP contribution in [0.25, 0.3) is 11.5 Å². The number of aliphatic hydroxyl groups is 1. The second-order valence-corrected chi connectivity index (χ2v) is 17.4. The molecule has 0 aromatic carbocycles. The highest BCUT2D eigenvalue weighted by molar-refractivity contribution is 7.16. The lowest BCUT2D eigenvalue weighted by Gasteiger charge is -2.37. The monoisotopic (exact) mass is 818 g/mol. The Kier molecular flexibility index (Phi) is 12.1. The molecule has 2 fully saturated rings. The quantitative estimate of drug-likeness (QED) is 0.182. The smallest absolute Gasteiger partial charge is 0.326 e. The van der Waals surface area contributed by atoms with Gasteiger partial charge in [0, 0.05) is 55.8 Å². The molecule has 3 aliphatic heterocycles. The molecule has 3 aromatic heterocycles. The number of hydrogen-bond donors (Lipinski definition) is 4. The number of amides is 1. The van der Waals surface area contributed by atoms with Crippen LogP contribution < -0.4 is 16.1 Å². The molecule has 0 radical (unpaired) electrons. The number of nitrogens with one attached hydrogen (secondary N) is 1. The Morgan fingerprint density at radius 2 is 2.03 bits per heavy atom. The lowest BCUT2D eigenvalue weighted by Crippen LogP contribution is -2.56. The fraction of sp³-hybridized carbons (Fsp3) is 0.615. The van der Waals surface area contributed by atoms with Crippen LogP contribution in [0.4, 0.5) is 10.9 Å². The molecule has 6 heterocycles. The van der Waals surface area contributed by atoms with Crippen molar-refractivity contribution in [2.45, 2.75) is 102 Å². The molecule has 5 atom stereocenters. The zero-order chi connectivity index (χ0) is 41.3. The maximum absolute atomic E-state index is 13.6. The summed E-state index contributed by atoms with van der Waals surface area (Å²) in [7, 11) is 1.77. The van der Waals surface area contributed by atoms with Crippen molar-refractivity contribution >= 4 is 34.2 Å². The van der Waals surface area contributed by atoms with Gasteiger partial charge in [-0.15, -0.1) is 16.5 Å². The first-order valence-electron chi connectivity index (χ1n) is 20.1. The fourth-order valence-corrected chi connectivity index (χ4v) is 9.99. The average molecular weight is 819 g/mol. The summed E-state index contributed by atoms with van der Waals surface area (Å²) in [5.74, 6) is 0.354. The Hall–Kier alpha value is -5.03. The van der Waals surface area contributed by atoms with Crippen LogP contribution in [0.3, 0.4) is 0 Å². The number of unbranched alkanes of at least 4 members (excludes halogenated alkanes) is 1. The summed E-state index contributed by atoms with van der Waals surface area (Å²) in [6, 6.07) is 2.51. The molecular formula is C39H54N12O6S. The van der Waals surface area contributed by atoms with Crippen molar-refractivity contribution in [2.24, 2.45) is 5.92 Å². The number of nitrogen functional groups attached to an aromatic ring is 1. The number of nitriles is 1. The van der Waals surface area contributed by atoms with Crippen molar-refractivity contribution < 1.29 is 29.1 Å². The first-order valence-corrected chi connectivity index (χ1v) is 20.9. The largest absolute Gasteiger partial charge is 0.480 e. The van der Waals surface area contributed by atoms with Gasteiger partial charge in [-0.3, -0.25) is 15.2 Å². The molecule has 18 nitrogen and oxygen atoms in total. The number of hydrazine groups is 2. The Morgan fingerprint density at radius 3 is 2.79 bits per heavy atom. The van der Waals surface area contributed by atoms with E-state index in [1.165, 1.54) is 16.2 Å². The number of ether oxygens (including phenoxy) is 1. The highest BCUT2D eigenvalue weighted by Crippen LogP contribution is 2.48. The van der Waals surface area contributed by atoms with Crippen molar-refractivity contribution in [3.63, 3.8) is 0 Å². The SMILES string of the molecule is CC(C)[C@@H](C(=O)N1C[C@H](O)C[C@H]1C(=O)O)N1C=C(OCCCCN2CCCN(c3nccc(-c4noc([C@@]5(C)CCCc6sc(N)c(C#N)c65)n4)n3)[C@@H](C)C2)NN1C. The minimum atomic E-state index is -1.12. The van der Waals surface area contributed by atoms with Gasteiger partial charge in [-0.2, -0.15) is 10.2 Å². The molecule has 2 saturated heterocycles. The number of likely N-dealkylation sites (tertiary alicyclic amines) is 1. The molecule has 5 N–H and O–H groups in total. The molecule has 312 valence electrons. The molecule has 0 bridgehead atoms. The minimum absolute atomic E-state index is 0.00503. The van der Waals surface area contributed by atoms with E-state index in [0.29, 0.717) is 46.4 Å². The third kappa shape index (κ3) is 8.15. The number of carboxylic acid groups (broad SMARTS) is 1. The van der Waals surface area contributed by atoms with Crippen molar-refractivity contribution in [2.75, 3.05) is 57.0 Å². The molecular weight excluding hydrogens is 765 g/mol. The predicted octanol–water partition coefficient (Wildman–Crippen LogP) is 2.92. The summed E-state index contributed by atoms with van der Waals surface area (Å²) >= 11 is 1.47. The summed E-state index contributed by atoms with van der Waals surface area (Å²) < 4.78 is 11.9. The van der Waals surface area contributed by atoms with E-state index < -0.39 is 29.6 Å². The van der Waals surface area contributed by atoms with Crippen LogP contribution in [0, 0.1) is 17.2 Å². The molecule has 0 spiro atoms. The molecule has 7 rings (SSSR count). The number of thiophene rings is 1. The lowest BCUT2D eigenvalue weighted by atomic mass is 9.72. The van der Waals surface area contributed by atoms with Crippen molar-refractivity contribution in [3.8, 4) is 17.6 Å². The van der Waals surface area contributed by atoms with Crippen LogP contribution >= 0.6 is 11.3 Å². The van der Waals surface area contributed by atoms with Gasteiger partial charge in [0.1, 0.15) is 28.8 Å². The average Bonchev–Trinajstić information content (AvgIpc) is 3.96. The highest BCUT2D eigenvalue weighted by Gasteiger charge is 2.45. The first-order chi connectivity index (χ1) is 27.8. The summed E-state index contributed by atoms with van der Waals surface area (Å²) in [5.41, 5.74) is 10.8. The summed E-state index contributed by atoms with van der Waals surface area (Å²) in [4.78, 5) is 46.9. The summed E-state index contributed by atoms with van der Waals surface area (Å²) in [5, 5.41) is 37.9. The van der Waals surface area contributed by atoms with E-state index in [0.717, 1.165) is 75.1 Å². The molecule has 19 heteroatoms. The van der Waals surface area contributed by atoms with Crippen LogP contribution in [0.15, 0.2) is 28.9 Å². The standard InChI is InChI=1S/C39H54N12O6S/c1-23(2)32(35(53)50-21-25(52)18-28(50)36(54)55)51-22-30(45-47(51)5)56-17-7-6-14-48-15-9-16-49(24(3)20-48)38-42-13-11-27(43-38)34-44-37(57-46-34)39(4)12-8-10-29-31(39)26(19-40)33(41)58-29/h11,13,22-25,28,32,45,52H,6-10,12,14-18,20-21,41H2,1-5H3,(H,54,55)/t24-,25+,28-,32-,39-/m0/s1. The number of fused-ring (bicyclic) bond motifs is 1. The van der Waals surface area contributed by atoms with Crippen molar-refractivity contribution in [1.29, 1.82) is 5.26 Å². The normalized spacial score (nSPS) is 24.6. The number of aliphatic hydroxyl groups excluding tert-OH is 1. The van der Waals surface area contributed by atoms with Crippen LogP contribution in [0.1, 0.15) is 88.1 Å². The number of carboxylic acids is 1. The zero-order valence-corrected chi connectivity index (χ0v) is 34.6. The number of carbonyl (C=O) groups excluding carboxylic acids is 1. The summed E-state index contributed by atoms with van der Waals surface area (Å²) in [6.07, 6.45) is 7.92. The minimum Gasteiger partial charge on any atom is -0.480 e. The summed E-state index contributed by atoms with van der Waals surface area (Å²) in [6.45, 7) is 12.0. The number of anilines is 2. The Labute approximate surface area is 342 Å². The molecule has 1 amide bonds. The number of nitrogens with two attached hydrogens (primary N) is 1. The second kappa shape index (κ2) is 17.1. The number of nitrogens with zero attached hydrogens (tertiary/aromatic N) is 10. The lowest BCUT2D eigenvalue weighted by molar-refractivity contribution is -0.154. The molecule has 0 saturated carbocycles. The van der Waals surface area contributed by atoms with E-state index >= 15 is 0 Å². The Balaban J connectivity index is 0.912. The van der Waals surface area contributed by atoms with Gasteiger partial charge < -0.3 is 39.9 Å². The van der Waals surface area contributed by atoms with Crippen molar-refractivity contribution in [3.05, 3.63) is 46.2 Å². The zero-order valence-electron chi connectivity index (χ0n) is 33.8. The van der Waals surface area contributed by atoms with Gasteiger partial charge >= 0.3 is 5.97 Å². The molecule has 58 heavy (non-hydrogen) atoms. The molecule has 0 unspecified atom stereocenters. The van der Waals surface area contributed by atoms with Crippen LogP contribution in [0.5, 0.6) is 0 Å². The van der Waals surface area contributed by atoms with E-state index in [4.69, 9.17) is 25.0 Å². The number of aryl methyl sites for hydroxylation is 1. The van der Waals surface area contributed by atoms with Crippen LogP contribution in [0.2, 0.25) is 0 Å². The van der Waals surface area contributed by atoms with Gasteiger partial charge in [0.25, 0.3) is 0 Å². The van der Waals surface area contributed by atoms with E-state index in [-0.39, 0.29) is 30.8 Å². The number of carbonyl (C=O) groups is 2. The molecule has 4 aliphatic rings. The van der Waals surface area contributed by atoms with Gasteiger partial charge in [0.2, 0.25) is 29.5 Å². The van der Waals surface area contributed by atoms with Gasteiger partial charge in [-0.1, -0.05) is 19.0 Å². The number of rotatable bonds is 13. The topological polar surface area (TPSA) is 227 Å². The van der Waals surface area contributed by atoms with Gasteiger partial charge in [0.15, 0.2) is 0 Å². The molecule has 1 aliphatic carbocycles. The number of hydrogen-bond acceptors (Lipinski definition) is 17. The van der Waals surface area contributed by atoms with Crippen LogP contribution in [-0.2, 0) is 26.2 Å². The Bertz CT molecular complexity index is 2050. The molecule has 3 aromatic rings. The van der Waals surface area contributed by atoms with Gasteiger partial charge in [0.05, 0.1) is 29.9 Å². The maximum Gasteiger partial charge on any atom is 0.326 e. The third-order valence-electron chi connectivity index (χ3n) is 11.7. The Morgan fingerprint density at radius 1 is 1.22 bits per heavy atom. The van der Waals surface area contributed by atoms with E-state index in [2.05, 4.69) is 38.4 Å². The fourth-order valence-electron chi connectivity index (χ4n) is 8.80.